The van der Waals surface area contributed by atoms with Crippen molar-refractivity contribution in [3.05, 3.63) is 0 Å². The number of ether oxygens (including phenoxy) is 2. The predicted molar refractivity (Wildman–Crippen MR) is 41.4 cm³/mol. The number of carbonyl (C=O) groups is 3. The molecule has 0 aliphatic heterocycles. The zero-order valence-electron chi connectivity index (χ0n) is 7.40. The normalized spacial score (nSPS) is 11.5. The molecule has 0 spiro atoms. The van der Waals surface area contributed by atoms with Gasteiger partial charge >= 0.3 is 11.9 Å². The van der Waals surface area contributed by atoms with E-state index in [0.717, 1.165) is 6.92 Å². The third kappa shape index (κ3) is 5.66. The van der Waals surface area contributed by atoms with Crippen molar-refractivity contribution in [2.24, 2.45) is 5.73 Å². The fraction of sp³-hybridized carbons (Fsp3) is 0.571. The molecule has 0 fully saturated rings. The Labute approximate surface area is 75.0 Å². The van der Waals surface area contributed by atoms with Crippen LogP contribution in [0.3, 0.4) is 0 Å². The molecule has 0 aromatic heterocycles. The summed E-state index contributed by atoms with van der Waals surface area (Å²) in [5, 5.41) is 0. The third-order valence-electron chi connectivity index (χ3n) is 1.06. The summed E-state index contributed by atoms with van der Waals surface area (Å²) in [7, 11) is 0. The Bertz CT molecular complexity index is 225. The molecule has 13 heavy (non-hydrogen) atoms. The molecule has 0 bridgehead atoms. The maximum absolute atomic E-state index is 10.6. The first-order valence-electron chi connectivity index (χ1n) is 3.53. The Morgan fingerprint density at radius 1 is 1.23 bits per heavy atom. The van der Waals surface area contributed by atoms with Crippen LogP contribution in [-0.2, 0) is 23.9 Å². The minimum atomic E-state index is -1.21. The maximum Gasteiger partial charge on any atom is 0.303 e. The summed E-state index contributed by atoms with van der Waals surface area (Å²) in [5.74, 6) is -2.08. The van der Waals surface area contributed by atoms with Crippen molar-refractivity contribution in [3.63, 3.8) is 0 Å². The molecule has 0 saturated heterocycles. The highest BCUT2D eigenvalue weighted by molar-refractivity contribution is 5.82. The molecule has 0 aliphatic rings. The lowest BCUT2D eigenvalue weighted by Crippen LogP contribution is -2.36. The van der Waals surface area contributed by atoms with Crippen LogP contribution in [0.5, 0.6) is 0 Å². The first kappa shape index (κ1) is 11.4. The summed E-state index contributed by atoms with van der Waals surface area (Å²) >= 11 is 0. The Morgan fingerprint density at radius 2 is 1.77 bits per heavy atom. The van der Waals surface area contributed by atoms with Gasteiger partial charge in [-0.25, -0.2) is 0 Å². The first-order chi connectivity index (χ1) is 5.93. The van der Waals surface area contributed by atoms with Crippen LogP contribution >= 0.6 is 0 Å². The molecule has 0 heterocycles. The minimum absolute atomic E-state index is 0.343. The summed E-state index contributed by atoms with van der Waals surface area (Å²) in [6, 6.07) is 0. The second kappa shape index (κ2) is 5.13. The van der Waals surface area contributed by atoms with Gasteiger partial charge in [-0.2, -0.15) is 0 Å². The second-order valence-corrected chi connectivity index (χ2v) is 2.30. The standard InChI is InChI=1S/C7H11NO5/c1-4(9)12-3-6(7(8)11)13-5(2)10/h6H,3H2,1-2H3,(H2,8,11)/t6-/m1/s1. The van der Waals surface area contributed by atoms with Gasteiger partial charge < -0.3 is 15.2 Å². The highest BCUT2D eigenvalue weighted by atomic mass is 16.6. The Kier molecular flexibility index (Phi) is 4.50. The lowest BCUT2D eigenvalue weighted by molar-refractivity contribution is -0.160. The highest BCUT2D eigenvalue weighted by Gasteiger charge is 2.19. The fourth-order valence-electron chi connectivity index (χ4n) is 0.568. The largest absolute Gasteiger partial charge is 0.461 e. The third-order valence-corrected chi connectivity index (χ3v) is 1.06. The molecule has 0 unspecified atom stereocenters. The van der Waals surface area contributed by atoms with E-state index in [0.29, 0.717) is 0 Å². The van der Waals surface area contributed by atoms with Gasteiger partial charge in [-0.15, -0.1) is 0 Å². The van der Waals surface area contributed by atoms with Crippen molar-refractivity contribution in [1.82, 2.24) is 0 Å². The summed E-state index contributed by atoms with van der Waals surface area (Å²) in [6.07, 6.45) is -1.21. The van der Waals surface area contributed by atoms with Crippen LogP contribution in [0, 0.1) is 0 Å². The van der Waals surface area contributed by atoms with Crippen molar-refractivity contribution < 1.29 is 23.9 Å². The van der Waals surface area contributed by atoms with E-state index in [9.17, 15) is 14.4 Å². The van der Waals surface area contributed by atoms with Crippen molar-refractivity contribution in [1.29, 1.82) is 0 Å². The lowest BCUT2D eigenvalue weighted by atomic mass is 10.3. The lowest BCUT2D eigenvalue weighted by Gasteiger charge is -2.12. The number of amides is 1. The summed E-state index contributed by atoms with van der Waals surface area (Å²) in [4.78, 5) is 31.4. The van der Waals surface area contributed by atoms with Crippen LogP contribution < -0.4 is 5.73 Å². The van der Waals surface area contributed by atoms with Gasteiger partial charge in [0, 0.05) is 13.8 Å². The molecule has 0 aliphatic carbocycles. The van der Waals surface area contributed by atoms with Gasteiger partial charge in [0.25, 0.3) is 5.91 Å². The quantitative estimate of drug-likeness (QED) is 0.570. The van der Waals surface area contributed by atoms with Crippen LogP contribution in [0.25, 0.3) is 0 Å². The van der Waals surface area contributed by atoms with Gasteiger partial charge in [-0.05, 0) is 0 Å². The SMILES string of the molecule is CC(=O)OC[C@@H](OC(C)=O)C(N)=O. The van der Waals surface area contributed by atoms with E-state index in [1.54, 1.807) is 0 Å². The first-order valence-corrected chi connectivity index (χ1v) is 3.53. The Balaban J connectivity index is 4.02. The summed E-state index contributed by atoms with van der Waals surface area (Å²) in [5.41, 5.74) is 4.86. The van der Waals surface area contributed by atoms with E-state index >= 15 is 0 Å². The number of esters is 2. The molecule has 0 saturated carbocycles. The molecule has 0 aromatic rings. The monoisotopic (exact) mass is 189 g/mol. The molecule has 6 nitrogen and oxygen atoms in total. The number of hydrogen-bond donors (Lipinski definition) is 1. The Hall–Kier alpha value is -1.59. The number of rotatable bonds is 4. The number of carbonyl (C=O) groups excluding carboxylic acids is 3. The Morgan fingerprint density at radius 3 is 2.08 bits per heavy atom. The maximum atomic E-state index is 10.6. The van der Waals surface area contributed by atoms with Gasteiger partial charge in [0.05, 0.1) is 0 Å². The van der Waals surface area contributed by atoms with Crippen molar-refractivity contribution in [2.75, 3.05) is 6.61 Å². The zero-order chi connectivity index (χ0) is 10.4. The van der Waals surface area contributed by atoms with E-state index in [2.05, 4.69) is 9.47 Å². The van der Waals surface area contributed by atoms with Gasteiger partial charge in [0.1, 0.15) is 6.61 Å². The molecule has 2 N–H and O–H groups in total. The van der Waals surface area contributed by atoms with E-state index in [1.807, 2.05) is 0 Å². The number of hydrogen-bond acceptors (Lipinski definition) is 5. The topological polar surface area (TPSA) is 95.7 Å². The zero-order valence-corrected chi connectivity index (χ0v) is 7.40. The molecule has 0 rings (SSSR count). The van der Waals surface area contributed by atoms with Gasteiger partial charge in [-0.1, -0.05) is 0 Å². The average molecular weight is 189 g/mol. The van der Waals surface area contributed by atoms with Crippen molar-refractivity contribution >= 4 is 17.8 Å². The van der Waals surface area contributed by atoms with E-state index < -0.39 is 23.9 Å². The summed E-state index contributed by atoms with van der Waals surface area (Å²) < 4.78 is 8.92. The second-order valence-electron chi connectivity index (χ2n) is 2.30. The highest BCUT2D eigenvalue weighted by Crippen LogP contribution is 1.93. The molecular weight excluding hydrogens is 178 g/mol. The van der Waals surface area contributed by atoms with E-state index in [-0.39, 0.29) is 6.61 Å². The molecule has 0 aromatic carbocycles. The fourth-order valence-corrected chi connectivity index (χ4v) is 0.568. The molecule has 6 heteroatoms. The van der Waals surface area contributed by atoms with E-state index in [4.69, 9.17) is 5.73 Å². The molecule has 1 atom stereocenters. The molecular formula is C7H11NO5. The predicted octanol–water partition coefficient (Wildman–Crippen LogP) is -1.03. The molecule has 0 radical (unpaired) electrons. The molecule has 74 valence electrons. The van der Waals surface area contributed by atoms with Crippen LogP contribution in [0.15, 0.2) is 0 Å². The van der Waals surface area contributed by atoms with E-state index in [1.165, 1.54) is 6.92 Å². The van der Waals surface area contributed by atoms with Gasteiger partial charge in [0.15, 0.2) is 0 Å². The smallest absolute Gasteiger partial charge is 0.303 e. The summed E-state index contributed by atoms with van der Waals surface area (Å²) in [6.45, 7) is 1.96. The van der Waals surface area contributed by atoms with Gasteiger partial charge in [0.2, 0.25) is 6.10 Å². The van der Waals surface area contributed by atoms with Crippen LogP contribution in [0.2, 0.25) is 0 Å². The van der Waals surface area contributed by atoms with Crippen molar-refractivity contribution in [3.8, 4) is 0 Å². The number of nitrogens with two attached hydrogens (primary N) is 1. The van der Waals surface area contributed by atoms with Crippen LogP contribution in [0.4, 0.5) is 0 Å². The minimum Gasteiger partial charge on any atom is -0.461 e. The molecule has 1 amide bonds. The van der Waals surface area contributed by atoms with Crippen LogP contribution in [-0.4, -0.2) is 30.6 Å². The number of primary amides is 1. The van der Waals surface area contributed by atoms with Crippen LogP contribution in [0.1, 0.15) is 13.8 Å². The van der Waals surface area contributed by atoms with Gasteiger partial charge in [-0.3, -0.25) is 14.4 Å². The van der Waals surface area contributed by atoms with Crippen molar-refractivity contribution in [2.45, 2.75) is 20.0 Å². The average Bonchev–Trinajstić information content (AvgIpc) is 1.96.